The second kappa shape index (κ2) is 5.55. The molecule has 0 fully saturated rings. The van der Waals surface area contributed by atoms with E-state index in [9.17, 15) is 4.79 Å². The monoisotopic (exact) mass is 223 g/mol. The fourth-order valence-electron chi connectivity index (χ4n) is 1.23. The Hall–Kier alpha value is -1.49. The molecule has 0 unspecified atom stereocenters. The van der Waals surface area contributed by atoms with Crippen LogP contribution in [0.2, 0.25) is 0 Å². The first-order valence-electron chi connectivity index (χ1n) is 5.19. The minimum Gasteiger partial charge on any atom is -0.396 e. The molecule has 0 aromatic carbocycles. The van der Waals surface area contributed by atoms with Crippen molar-refractivity contribution in [1.29, 1.82) is 0 Å². The number of carbonyl (C=O) groups excluding carboxylic acids is 1. The number of carbonyl (C=O) groups is 1. The van der Waals surface area contributed by atoms with E-state index in [4.69, 9.17) is 5.11 Å². The lowest BCUT2D eigenvalue weighted by atomic mass is 9.90. The molecule has 1 aromatic heterocycles. The van der Waals surface area contributed by atoms with Gasteiger partial charge in [-0.05, 0) is 11.8 Å². The highest BCUT2D eigenvalue weighted by Crippen LogP contribution is 2.18. The summed E-state index contributed by atoms with van der Waals surface area (Å²) in [6, 6.07) is 0. The fourth-order valence-corrected chi connectivity index (χ4v) is 1.23. The zero-order chi connectivity index (χ0) is 12.0. The Kier molecular flexibility index (Phi) is 4.37. The van der Waals surface area contributed by atoms with Crippen molar-refractivity contribution >= 4 is 5.91 Å². The highest BCUT2D eigenvalue weighted by atomic mass is 16.3. The number of aromatic nitrogens is 2. The predicted molar refractivity (Wildman–Crippen MR) is 59.8 cm³/mol. The van der Waals surface area contributed by atoms with Gasteiger partial charge in [0, 0.05) is 25.5 Å². The molecule has 88 valence electrons. The topological polar surface area (TPSA) is 75.1 Å². The van der Waals surface area contributed by atoms with Gasteiger partial charge in [-0.1, -0.05) is 13.8 Å². The molecule has 5 nitrogen and oxygen atoms in total. The van der Waals surface area contributed by atoms with Crippen molar-refractivity contribution < 1.29 is 9.90 Å². The number of nitrogens with one attached hydrogen (secondary N) is 1. The van der Waals surface area contributed by atoms with Crippen LogP contribution in [0.3, 0.4) is 0 Å². The average molecular weight is 223 g/mol. The van der Waals surface area contributed by atoms with E-state index < -0.39 is 0 Å². The molecule has 0 aliphatic carbocycles. The van der Waals surface area contributed by atoms with E-state index in [-0.39, 0.29) is 17.9 Å². The number of hydrogen-bond acceptors (Lipinski definition) is 4. The van der Waals surface area contributed by atoms with Gasteiger partial charge in [-0.3, -0.25) is 4.79 Å². The van der Waals surface area contributed by atoms with E-state index in [1.54, 1.807) is 0 Å². The summed E-state index contributed by atoms with van der Waals surface area (Å²) in [5, 5.41) is 11.6. The minimum atomic E-state index is -0.188. The molecule has 0 spiro atoms. The first kappa shape index (κ1) is 12.6. The van der Waals surface area contributed by atoms with Crippen LogP contribution in [0, 0.1) is 5.41 Å². The summed E-state index contributed by atoms with van der Waals surface area (Å²) in [5.74, 6) is -0.188. The van der Waals surface area contributed by atoms with Crippen molar-refractivity contribution in [2.45, 2.75) is 20.3 Å². The zero-order valence-electron chi connectivity index (χ0n) is 9.60. The Balaban J connectivity index is 2.48. The van der Waals surface area contributed by atoms with Crippen LogP contribution in [-0.2, 0) is 0 Å². The number of nitrogens with zero attached hydrogens (tertiary/aromatic N) is 2. The standard InChI is InChI=1S/C11H17N3O2/c1-11(2,3-4-15)7-14-10(16)9-5-12-8-13-6-9/h5-6,8,15H,3-4,7H2,1-2H3,(H,14,16). The average Bonchev–Trinajstić information content (AvgIpc) is 2.27. The lowest BCUT2D eigenvalue weighted by molar-refractivity contribution is 0.0927. The van der Waals surface area contributed by atoms with Crippen molar-refractivity contribution in [1.82, 2.24) is 15.3 Å². The van der Waals surface area contributed by atoms with Gasteiger partial charge in [0.2, 0.25) is 0 Å². The summed E-state index contributed by atoms with van der Waals surface area (Å²) < 4.78 is 0. The lowest BCUT2D eigenvalue weighted by Gasteiger charge is -2.23. The van der Waals surface area contributed by atoms with Gasteiger partial charge in [0.25, 0.3) is 5.91 Å². The Morgan fingerprint density at radius 1 is 1.44 bits per heavy atom. The summed E-state index contributed by atoms with van der Waals surface area (Å²) in [6.07, 6.45) is 4.98. The van der Waals surface area contributed by atoms with Crippen LogP contribution in [0.5, 0.6) is 0 Å². The maximum Gasteiger partial charge on any atom is 0.254 e. The smallest absolute Gasteiger partial charge is 0.254 e. The summed E-state index contributed by atoms with van der Waals surface area (Å²) in [6.45, 7) is 4.62. The number of aliphatic hydroxyl groups excluding tert-OH is 1. The van der Waals surface area contributed by atoms with Crippen LogP contribution in [0.4, 0.5) is 0 Å². The first-order valence-corrected chi connectivity index (χ1v) is 5.19. The van der Waals surface area contributed by atoms with Gasteiger partial charge in [-0.15, -0.1) is 0 Å². The fraction of sp³-hybridized carbons (Fsp3) is 0.545. The van der Waals surface area contributed by atoms with Gasteiger partial charge in [0.05, 0.1) is 5.56 Å². The highest BCUT2D eigenvalue weighted by molar-refractivity contribution is 5.93. The van der Waals surface area contributed by atoms with Crippen molar-refractivity contribution in [3.05, 3.63) is 24.3 Å². The Bertz CT molecular complexity index is 338. The summed E-state index contributed by atoms with van der Waals surface area (Å²) in [5.41, 5.74) is 0.336. The Morgan fingerprint density at radius 3 is 2.62 bits per heavy atom. The van der Waals surface area contributed by atoms with Crippen molar-refractivity contribution in [2.24, 2.45) is 5.41 Å². The molecule has 0 radical (unpaired) electrons. The Morgan fingerprint density at radius 2 is 2.06 bits per heavy atom. The second-order valence-electron chi connectivity index (χ2n) is 4.45. The minimum absolute atomic E-state index is 0.111. The van der Waals surface area contributed by atoms with E-state index in [1.165, 1.54) is 18.7 Å². The number of aliphatic hydroxyl groups is 1. The summed E-state index contributed by atoms with van der Waals surface area (Å²) >= 11 is 0. The molecule has 0 bridgehead atoms. The molecule has 1 rings (SSSR count). The molecule has 2 N–H and O–H groups in total. The summed E-state index contributed by atoms with van der Waals surface area (Å²) in [4.78, 5) is 19.2. The maximum atomic E-state index is 11.6. The maximum absolute atomic E-state index is 11.6. The third-order valence-electron chi connectivity index (χ3n) is 2.34. The first-order chi connectivity index (χ1) is 7.55. The normalized spacial score (nSPS) is 11.2. The Labute approximate surface area is 94.9 Å². The van der Waals surface area contributed by atoms with Gasteiger partial charge in [0.1, 0.15) is 6.33 Å². The van der Waals surface area contributed by atoms with Crippen molar-refractivity contribution in [3.63, 3.8) is 0 Å². The van der Waals surface area contributed by atoms with E-state index in [2.05, 4.69) is 15.3 Å². The van der Waals surface area contributed by atoms with E-state index in [0.717, 1.165) is 0 Å². The number of hydrogen-bond donors (Lipinski definition) is 2. The quantitative estimate of drug-likeness (QED) is 0.767. The van der Waals surface area contributed by atoms with Gasteiger partial charge in [-0.25, -0.2) is 9.97 Å². The van der Waals surface area contributed by atoms with E-state index in [0.29, 0.717) is 18.5 Å². The molecule has 0 aliphatic rings. The number of rotatable bonds is 5. The number of amides is 1. The highest BCUT2D eigenvalue weighted by Gasteiger charge is 2.18. The van der Waals surface area contributed by atoms with Crippen LogP contribution in [0.25, 0.3) is 0 Å². The second-order valence-corrected chi connectivity index (χ2v) is 4.45. The van der Waals surface area contributed by atoms with Gasteiger partial charge < -0.3 is 10.4 Å². The molecule has 0 saturated carbocycles. The molecule has 0 aliphatic heterocycles. The van der Waals surface area contributed by atoms with Crippen LogP contribution in [-0.4, -0.2) is 34.1 Å². The molecule has 5 heteroatoms. The van der Waals surface area contributed by atoms with Crippen LogP contribution in [0.1, 0.15) is 30.6 Å². The third kappa shape index (κ3) is 3.94. The van der Waals surface area contributed by atoms with Crippen molar-refractivity contribution in [2.75, 3.05) is 13.2 Å². The SMILES string of the molecule is CC(C)(CCO)CNC(=O)c1cncnc1. The molecule has 16 heavy (non-hydrogen) atoms. The summed E-state index contributed by atoms with van der Waals surface area (Å²) in [7, 11) is 0. The molecule has 0 atom stereocenters. The molecule has 1 heterocycles. The molecule has 1 aromatic rings. The molecular weight excluding hydrogens is 206 g/mol. The van der Waals surface area contributed by atoms with Gasteiger partial charge in [0.15, 0.2) is 0 Å². The molecule has 0 saturated heterocycles. The zero-order valence-corrected chi connectivity index (χ0v) is 9.60. The van der Waals surface area contributed by atoms with Crippen LogP contribution in [0.15, 0.2) is 18.7 Å². The molecule has 1 amide bonds. The van der Waals surface area contributed by atoms with Gasteiger partial charge in [-0.2, -0.15) is 0 Å². The van der Waals surface area contributed by atoms with Crippen LogP contribution < -0.4 is 5.32 Å². The van der Waals surface area contributed by atoms with E-state index >= 15 is 0 Å². The van der Waals surface area contributed by atoms with Crippen molar-refractivity contribution in [3.8, 4) is 0 Å². The van der Waals surface area contributed by atoms with E-state index in [1.807, 2.05) is 13.8 Å². The molecular formula is C11H17N3O2. The third-order valence-corrected chi connectivity index (χ3v) is 2.34. The van der Waals surface area contributed by atoms with Gasteiger partial charge >= 0.3 is 0 Å². The lowest BCUT2D eigenvalue weighted by Crippen LogP contribution is -2.34. The van der Waals surface area contributed by atoms with Crippen LogP contribution >= 0.6 is 0 Å². The largest absolute Gasteiger partial charge is 0.396 e. The predicted octanol–water partition coefficient (Wildman–Crippen LogP) is 0.615.